The van der Waals surface area contributed by atoms with Crippen molar-refractivity contribution < 1.29 is 19.1 Å². The first-order valence-corrected chi connectivity index (χ1v) is 10.8. The van der Waals surface area contributed by atoms with Gasteiger partial charge in [0.25, 0.3) is 11.8 Å². The molecular formula is C23H23Cl2FN2O3. The Morgan fingerprint density at radius 3 is 2.61 bits per heavy atom. The van der Waals surface area contributed by atoms with E-state index in [1.165, 1.54) is 11.0 Å². The molecule has 164 valence electrons. The van der Waals surface area contributed by atoms with Crippen LogP contribution in [0.1, 0.15) is 24.0 Å². The second-order valence-electron chi connectivity index (χ2n) is 7.36. The zero-order chi connectivity index (χ0) is 22.4. The summed E-state index contributed by atoms with van der Waals surface area (Å²) in [6, 6.07) is 11.8. The number of nitrogens with zero attached hydrogens (tertiary/aromatic N) is 1. The van der Waals surface area contributed by atoms with E-state index < -0.39 is 17.6 Å². The van der Waals surface area contributed by atoms with Gasteiger partial charge < -0.3 is 15.3 Å². The molecule has 0 fully saturated rings. The van der Waals surface area contributed by atoms with Crippen LogP contribution in [-0.2, 0) is 22.4 Å². The third-order valence-electron chi connectivity index (χ3n) is 5.17. The fourth-order valence-electron chi connectivity index (χ4n) is 3.39. The van der Waals surface area contributed by atoms with Gasteiger partial charge in [0.05, 0.1) is 22.2 Å². The Bertz CT molecular complexity index is 1010. The number of hydrogen-bond acceptors (Lipinski definition) is 3. The summed E-state index contributed by atoms with van der Waals surface area (Å²) in [5.74, 6) is -1.96. The Morgan fingerprint density at radius 1 is 1.10 bits per heavy atom. The van der Waals surface area contributed by atoms with Crippen molar-refractivity contribution >= 4 is 35.0 Å². The van der Waals surface area contributed by atoms with E-state index in [4.69, 9.17) is 23.2 Å². The zero-order valence-electron chi connectivity index (χ0n) is 16.8. The summed E-state index contributed by atoms with van der Waals surface area (Å²) in [6.07, 6.45) is 2.65. The highest BCUT2D eigenvalue weighted by atomic mass is 35.5. The third kappa shape index (κ3) is 5.99. The number of benzene rings is 2. The van der Waals surface area contributed by atoms with E-state index in [2.05, 4.69) is 5.32 Å². The highest BCUT2D eigenvalue weighted by molar-refractivity contribution is 6.42. The molecule has 8 heteroatoms. The molecular weight excluding hydrogens is 442 g/mol. The average molecular weight is 465 g/mol. The second-order valence-corrected chi connectivity index (χ2v) is 8.17. The van der Waals surface area contributed by atoms with Crippen molar-refractivity contribution in [1.29, 1.82) is 0 Å². The lowest BCUT2D eigenvalue weighted by atomic mass is 10.1. The van der Waals surface area contributed by atoms with Crippen LogP contribution in [0.25, 0.3) is 0 Å². The second kappa shape index (κ2) is 10.6. The van der Waals surface area contributed by atoms with Gasteiger partial charge in [0, 0.05) is 13.1 Å². The lowest BCUT2D eigenvalue weighted by Gasteiger charge is -2.16. The lowest BCUT2D eigenvalue weighted by Crippen LogP contribution is -2.32. The lowest BCUT2D eigenvalue weighted by molar-refractivity contribution is -0.127. The van der Waals surface area contributed by atoms with Crippen LogP contribution in [0.3, 0.4) is 0 Å². The molecule has 0 saturated heterocycles. The number of nitrogens with one attached hydrogen (secondary N) is 1. The summed E-state index contributed by atoms with van der Waals surface area (Å²) < 4.78 is 13.8. The molecule has 0 spiro atoms. The van der Waals surface area contributed by atoms with Crippen LogP contribution < -0.4 is 5.32 Å². The SMILES string of the molecule is O=C(NCCCCc1ccc(Cl)c(Cl)c1)C1=C(O)C(=O)N(CCc2ccccc2F)C1. The van der Waals surface area contributed by atoms with Crippen LogP contribution in [0.4, 0.5) is 4.39 Å². The van der Waals surface area contributed by atoms with Gasteiger partial charge >= 0.3 is 0 Å². The Balaban J connectivity index is 1.42. The maximum Gasteiger partial charge on any atom is 0.289 e. The number of carbonyl (C=O) groups is 2. The Hall–Kier alpha value is -2.57. The van der Waals surface area contributed by atoms with Crippen molar-refractivity contribution in [2.24, 2.45) is 0 Å². The number of aliphatic hydroxyl groups is 1. The van der Waals surface area contributed by atoms with Crippen LogP contribution in [0, 0.1) is 5.82 Å². The number of halogens is 3. The van der Waals surface area contributed by atoms with Crippen molar-refractivity contribution in [2.75, 3.05) is 19.6 Å². The van der Waals surface area contributed by atoms with Gasteiger partial charge in [-0.1, -0.05) is 47.5 Å². The van der Waals surface area contributed by atoms with E-state index in [9.17, 15) is 19.1 Å². The molecule has 5 nitrogen and oxygen atoms in total. The highest BCUT2D eigenvalue weighted by Crippen LogP contribution is 2.23. The predicted molar refractivity (Wildman–Crippen MR) is 119 cm³/mol. The van der Waals surface area contributed by atoms with Crippen LogP contribution in [0.5, 0.6) is 0 Å². The maximum absolute atomic E-state index is 13.8. The number of rotatable bonds is 9. The van der Waals surface area contributed by atoms with Crippen molar-refractivity contribution in [3.63, 3.8) is 0 Å². The molecule has 0 atom stereocenters. The molecule has 1 aliphatic heterocycles. The first-order valence-electron chi connectivity index (χ1n) is 10.0. The summed E-state index contributed by atoms with van der Waals surface area (Å²) in [5, 5.41) is 13.9. The van der Waals surface area contributed by atoms with Gasteiger partial charge in [-0.25, -0.2) is 4.39 Å². The van der Waals surface area contributed by atoms with Gasteiger partial charge in [0.1, 0.15) is 5.82 Å². The number of aryl methyl sites for hydroxylation is 1. The molecule has 0 aliphatic carbocycles. The molecule has 2 N–H and O–H groups in total. The molecule has 2 aromatic carbocycles. The predicted octanol–water partition coefficient (Wildman–Crippen LogP) is 4.47. The fraction of sp³-hybridized carbons (Fsp3) is 0.304. The number of unbranched alkanes of at least 4 members (excludes halogenated alkanes) is 1. The molecule has 3 rings (SSSR count). The first kappa shape index (κ1) is 23.1. The summed E-state index contributed by atoms with van der Waals surface area (Å²) in [5.41, 5.74) is 1.59. The Morgan fingerprint density at radius 2 is 1.87 bits per heavy atom. The maximum atomic E-state index is 13.8. The van der Waals surface area contributed by atoms with Gasteiger partial charge in [-0.3, -0.25) is 9.59 Å². The van der Waals surface area contributed by atoms with Gasteiger partial charge in [0.15, 0.2) is 5.76 Å². The standard InChI is InChI=1S/C23H23Cl2FN2O3/c24-18-9-8-15(13-19(18)25)5-3-4-11-27-22(30)17-14-28(23(31)21(17)29)12-10-16-6-1-2-7-20(16)26/h1-2,6-9,13,29H,3-5,10-12,14H2,(H,27,30). The molecule has 1 aliphatic rings. The monoisotopic (exact) mass is 464 g/mol. The third-order valence-corrected chi connectivity index (χ3v) is 5.91. The van der Waals surface area contributed by atoms with E-state index in [1.54, 1.807) is 24.3 Å². The molecule has 0 bridgehead atoms. The van der Waals surface area contributed by atoms with Crippen molar-refractivity contribution in [3.8, 4) is 0 Å². The van der Waals surface area contributed by atoms with E-state index in [0.29, 0.717) is 28.6 Å². The van der Waals surface area contributed by atoms with Crippen molar-refractivity contribution in [2.45, 2.75) is 25.7 Å². The van der Waals surface area contributed by atoms with Crippen molar-refractivity contribution in [1.82, 2.24) is 10.2 Å². The Kier molecular flexibility index (Phi) is 7.93. The minimum Gasteiger partial charge on any atom is -0.503 e. The quantitative estimate of drug-likeness (QED) is 0.537. The molecule has 2 amide bonds. The molecule has 1 heterocycles. The van der Waals surface area contributed by atoms with Gasteiger partial charge in [-0.05, 0) is 55.0 Å². The van der Waals surface area contributed by atoms with Crippen LogP contribution >= 0.6 is 23.2 Å². The molecule has 2 aromatic rings. The average Bonchev–Trinajstić information content (AvgIpc) is 3.04. The summed E-state index contributed by atoms with van der Waals surface area (Å²) in [4.78, 5) is 26.0. The fourth-order valence-corrected chi connectivity index (χ4v) is 3.71. The summed E-state index contributed by atoms with van der Waals surface area (Å²) >= 11 is 11.9. The normalized spacial score (nSPS) is 13.8. The summed E-state index contributed by atoms with van der Waals surface area (Å²) in [6.45, 7) is 0.638. The number of amides is 2. The molecule has 0 saturated carbocycles. The van der Waals surface area contributed by atoms with E-state index >= 15 is 0 Å². The van der Waals surface area contributed by atoms with E-state index in [1.807, 2.05) is 12.1 Å². The topological polar surface area (TPSA) is 69.6 Å². The minimum absolute atomic E-state index is 0.00816. The number of carbonyl (C=O) groups excluding carboxylic acids is 2. The van der Waals surface area contributed by atoms with Gasteiger partial charge in [-0.15, -0.1) is 0 Å². The van der Waals surface area contributed by atoms with Crippen molar-refractivity contribution in [3.05, 3.63) is 80.8 Å². The minimum atomic E-state index is -0.610. The molecule has 0 aromatic heterocycles. The smallest absolute Gasteiger partial charge is 0.289 e. The van der Waals surface area contributed by atoms with Crippen LogP contribution in [-0.4, -0.2) is 41.5 Å². The summed E-state index contributed by atoms with van der Waals surface area (Å²) in [7, 11) is 0. The van der Waals surface area contributed by atoms with E-state index in [-0.39, 0.29) is 24.5 Å². The highest BCUT2D eigenvalue weighted by Gasteiger charge is 2.33. The molecule has 0 unspecified atom stereocenters. The molecule has 31 heavy (non-hydrogen) atoms. The number of hydrogen-bond donors (Lipinski definition) is 2. The van der Waals surface area contributed by atoms with Crippen LogP contribution in [0.15, 0.2) is 53.8 Å². The number of aliphatic hydroxyl groups excluding tert-OH is 1. The van der Waals surface area contributed by atoms with Gasteiger partial charge in [0.2, 0.25) is 0 Å². The molecule has 0 radical (unpaired) electrons. The van der Waals surface area contributed by atoms with Gasteiger partial charge in [-0.2, -0.15) is 0 Å². The van der Waals surface area contributed by atoms with Crippen LogP contribution in [0.2, 0.25) is 10.0 Å². The van der Waals surface area contributed by atoms with E-state index in [0.717, 1.165) is 24.8 Å². The first-order chi connectivity index (χ1) is 14.9. The largest absolute Gasteiger partial charge is 0.503 e. The Labute approximate surface area is 190 Å². The zero-order valence-corrected chi connectivity index (χ0v) is 18.3.